The molecule has 1 aliphatic carbocycles. The van der Waals surface area contributed by atoms with Crippen LogP contribution in [0.2, 0.25) is 0 Å². The van der Waals surface area contributed by atoms with E-state index in [1.165, 1.54) is 12.1 Å². The molecular weight excluding hydrogens is 467 g/mol. The van der Waals surface area contributed by atoms with E-state index in [0.717, 1.165) is 28.2 Å². The van der Waals surface area contributed by atoms with Gasteiger partial charge >= 0.3 is 6.03 Å². The van der Waals surface area contributed by atoms with Crippen LogP contribution in [-0.4, -0.2) is 58.8 Å². The van der Waals surface area contributed by atoms with E-state index in [4.69, 9.17) is 0 Å². The van der Waals surface area contributed by atoms with Crippen molar-refractivity contribution in [2.75, 3.05) is 24.5 Å². The first-order valence-electron chi connectivity index (χ1n) is 11.4. The molecule has 34 heavy (non-hydrogen) atoms. The lowest BCUT2D eigenvalue weighted by Crippen LogP contribution is -2.57. The van der Waals surface area contributed by atoms with Gasteiger partial charge in [-0.2, -0.15) is 0 Å². The molecule has 2 amide bonds. The van der Waals surface area contributed by atoms with E-state index in [-0.39, 0.29) is 49.2 Å². The SMILES string of the molecule is Cc1c(-c2ccc(F)cc2)nnc(N2CCN(C(=O)NC3CCC(F)(F)CC3)CC2C)c1C.Cl. The zero-order valence-corrected chi connectivity index (χ0v) is 20.5. The normalized spacial score (nSPS) is 20.6. The molecular formula is C24H31ClF3N5O. The van der Waals surface area contributed by atoms with Crippen LogP contribution in [0.3, 0.4) is 0 Å². The maximum atomic E-state index is 13.4. The zero-order chi connectivity index (χ0) is 23.8. The number of nitrogens with one attached hydrogen (secondary N) is 1. The average Bonchev–Trinajstić information content (AvgIpc) is 2.78. The predicted octanol–water partition coefficient (Wildman–Crippen LogP) is 5.12. The number of nitrogens with zero attached hydrogens (tertiary/aromatic N) is 4. The topological polar surface area (TPSA) is 61.4 Å². The summed E-state index contributed by atoms with van der Waals surface area (Å²) in [5.74, 6) is -2.12. The first-order chi connectivity index (χ1) is 15.6. The molecule has 2 fully saturated rings. The van der Waals surface area contributed by atoms with Crippen LogP contribution in [0.5, 0.6) is 0 Å². The number of hydrogen-bond donors (Lipinski definition) is 1. The van der Waals surface area contributed by atoms with Gasteiger partial charge in [-0.15, -0.1) is 22.6 Å². The van der Waals surface area contributed by atoms with E-state index in [0.29, 0.717) is 32.5 Å². The molecule has 10 heteroatoms. The van der Waals surface area contributed by atoms with Crippen LogP contribution in [0, 0.1) is 19.7 Å². The monoisotopic (exact) mass is 497 g/mol. The summed E-state index contributed by atoms with van der Waals surface area (Å²) in [5, 5.41) is 11.8. The minimum Gasteiger partial charge on any atom is -0.349 e. The maximum Gasteiger partial charge on any atom is 0.317 e. The van der Waals surface area contributed by atoms with Crippen LogP contribution >= 0.6 is 12.4 Å². The fourth-order valence-electron chi connectivity index (χ4n) is 4.65. The van der Waals surface area contributed by atoms with E-state index in [1.54, 1.807) is 17.0 Å². The molecule has 1 atom stereocenters. The molecule has 2 aliphatic rings. The molecule has 1 aromatic heterocycles. The summed E-state index contributed by atoms with van der Waals surface area (Å²) < 4.78 is 40.0. The molecule has 2 aromatic rings. The third-order valence-corrected chi connectivity index (χ3v) is 6.85. The Kier molecular flexibility index (Phi) is 7.95. The van der Waals surface area contributed by atoms with Crippen molar-refractivity contribution in [2.45, 2.75) is 64.5 Å². The van der Waals surface area contributed by atoms with Gasteiger partial charge in [-0.3, -0.25) is 0 Å². The smallest absolute Gasteiger partial charge is 0.317 e. The second kappa shape index (κ2) is 10.4. The average molecular weight is 498 g/mol. The number of amides is 2. The molecule has 1 N–H and O–H groups in total. The van der Waals surface area contributed by atoms with E-state index in [9.17, 15) is 18.0 Å². The van der Waals surface area contributed by atoms with Gasteiger partial charge < -0.3 is 15.1 Å². The molecule has 0 radical (unpaired) electrons. The molecule has 1 saturated heterocycles. The lowest BCUT2D eigenvalue weighted by molar-refractivity contribution is -0.0398. The highest BCUT2D eigenvalue weighted by Crippen LogP contribution is 2.33. The van der Waals surface area contributed by atoms with Crippen molar-refractivity contribution in [3.8, 4) is 11.3 Å². The standard InChI is InChI=1S/C24H30F3N5O.ClH/c1-15-14-31(23(33)28-20-8-10-24(26,27)11-9-20)12-13-32(15)22-17(3)16(2)21(29-30-22)18-4-6-19(25)7-5-18;/h4-7,15,20H,8-14H2,1-3H3,(H,28,33);1H. The zero-order valence-electron chi connectivity index (χ0n) is 19.7. The Labute approximate surface area is 204 Å². The third kappa shape index (κ3) is 5.56. The minimum absolute atomic E-state index is 0. The highest BCUT2D eigenvalue weighted by Gasteiger charge is 2.36. The van der Waals surface area contributed by atoms with Gasteiger partial charge in [0, 0.05) is 50.1 Å². The Balaban J connectivity index is 0.00000324. The molecule has 0 spiro atoms. The highest BCUT2D eigenvalue weighted by atomic mass is 35.5. The molecule has 1 aliphatic heterocycles. The summed E-state index contributed by atoms with van der Waals surface area (Å²) in [4.78, 5) is 16.6. The van der Waals surface area contributed by atoms with Gasteiger partial charge in [-0.05, 0) is 69.0 Å². The first-order valence-corrected chi connectivity index (χ1v) is 11.4. The van der Waals surface area contributed by atoms with Crippen molar-refractivity contribution in [3.05, 3.63) is 41.2 Å². The number of piperazine rings is 1. The van der Waals surface area contributed by atoms with E-state index in [2.05, 4.69) is 20.4 Å². The third-order valence-electron chi connectivity index (χ3n) is 6.85. The van der Waals surface area contributed by atoms with Crippen LogP contribution in [-0.2, 0) is 0 Å². The first kappa shape index (κ1) is 26.1. The Hall–Kier alpha value is -2.55. The summed E-state index contributed by atoms with van der Waals surface area (Å²) in [6.07, 6.45) is 0.270. The highest BCUT2D eigenvalue weighted by molar-refractivity contribution is 5.85. The number of benzene rings is 1. The van der Waals surface area contributed by atoms with Crippen molar-refractivity contribution in [2.24, 2.45) is 0 Å². The molecule has 1 saturated carbocycles. The second-order valence-electron chi connectivity index (χ2n) is 9.20. The van der Waals surface area contributed by atoms with Crippen molar-refractivity contribution in [3.63, 3.8) is 0 Å². The number of anilines is 1. The van der Waals surface area contributed by atoms with Crippen LogP contribution < -0.4 is 10.2 Å². The summed E-state index contributed by atoms with van der Waals surface area (Å²) in [6.45, 7) is 7.63. The fourth-order valence-corrected chi connectivity index (χ4v) is 4.65. The summed E-state index contributed by atoms with van der Waals surface area (Å²) in [7, 11) is 0. The van der Waals surface area contributed by atoms with Gasteiger partial charge in [-0.1, -0.05) is 0 Å². The largest absolute Gasteiger partial charge is 0.349 e. The Bertz CT molecular complexity index is 1010. The predicted molar refractivity (Wildman–Crippen MR) is 128 cm³/mol. The second-order valence-corrected chi connectivity index (χ2v) is 9.20. The molecule has 0 bridgehead atoms. The quantitative estimate of drug-likeness (QED) is 0.639. The lowest BCUT2D eigenvalue weighted by Gasteiger charge is -2.41. The fraction of sp³-hybridized carbons (Fsp3) is 0.542. The number of carbonyl (C=O) groups excluding carboxylic acids is 1. The number of aromatic nitrogens is 2. The molecule has 1 unspecified atom stereocenters. The number of rotatable bonds is 3. The lowest BCUT2D eigenvalue weighted by atomic mass is 9.92. The van der Waals surface area contributed by atoms with Gasteiger partial charge in [0.2, 0.25) is 5.92 Å². The van der Waals surface area contributed by atoms with Crippen LogP contribution in [0.4, 0.5) is 23.8 Å². The van der Waals surface area contributed by atoms with E-state index in [1.807, 2.05) is 20.8 Å². The number of hydrogen-bond acceptors (Lipinski definition) is 4. The molecule has 4 rings (SSSR count). The van der Waals surface area contributed by atoms with Gasteiger partial charge in [-0.25, -0.2) is 18.0 Å². The number of halogens is 4. The van der Waals surface area contributed by atoms with Crippen LogP contribution in [0.15, 0.2) is 24.3 Å². The summed E-state index contributed by atoms with van der Waals surface area (Å²) >= 11 is 0. The van der Waals surface area contributed by atoms with Crippen molar-refractivity contribution < 1.29 is 18.0 Å². The summed E-state index contributed by atoms with van der Waals surface area (Å²) in [5.41, 5.74) is 3.51. The molecule has 6 nitrogen and oxygen atoms in total. The molecule has 1 aromatic carbocycles. The van der Waals surface area contributed by atoms with Gasteiger partial charge in [0.05, 0.1) is 5.69 Å². The Morgan fingerprint density at radius 3 is 2.32 bits per heavy atom. The van der Waals surface area contributed by atoms with E-state index < -0.39 is 5.92 Å². The molecule has 2 heterocycles. The Morgan fingerprint density at radius 2 is 1.71 bits per heavy atom. The number of carbonyl (C=O) groups is 1. The van der Waals surface area contributed by atoms with Crippen molar-refractivity contribution >= 4 is 24.3 Å². The van der Waals surface area contributed by atoms with Gasteiger partial charge in [0.25, 0.3) is 0 Å². The number of alkyl halides is 2. The van der Waals surface area contributed by atoms with Crippen LogP contribution in [0.1, 0.15) is 43.7 Å². The summed E-state index contributed by atoms with van der Waals surface area (Å²) in [6, 6.07) is 5.83. The van der Waals surface area contributed by atoms with Gasteiger partial charge in [0.1, 0.15) is 5.82 Å². The van der Waals surface area contributed by atoms with Crippen molar-refractivity contribution in [1.82, 2.24) is 20.4 Å². The van der Waals surface area contributed by atoms with Crippen molar-refractivity contribution in [1.29, 1.82) is 0 Å². The number of urea groups is 1. The van der Waals surface area contributed by atoms with Gasteiger partial charge in [0.15, 0.2) is 5.82 Å². The Morgan fingerprint density at radius 1 is 1.06 bits per heavy atom. The van der Waals surface area contributed by atoms with E-state index >= 15 is 0 Å². The molecule has 186 valence electrons. The minimum atomic E-state index is -2.61. The maximum absolute atomic E-state index is 13.4. The van der Waals surface area contributed by atoms with Crippen LogP contribution in [0.25, 0.3) is 11.3 Å².